The minimum Gasteiger partial charge on any atom is -0.370 e. The molecule has 3 N–H and O–H groups in total. The van der Waals surface area contributed by atoms with Crippen LogP contribution in [0.4, 0.5) is 0 Å². The van der Waals surface area contributed by atoms with E-state index >= 15 is 0 Å². The zero-order valence-electron chi connectivity index (χ0n) is 9.95. The van der Waals surface area contributed by atoms with Crippen molar-refractivity contribution in [3.8, 4) is 0 Å². The van der Waals surface area contributed by atoms with Crippen LogP contribution in [0.15, 0.2) is 0 Å². The molecule has 0 spiro atoms. The minimum atomic E-state index is -0.0828. The van der Waals surface area contributed by atoms with Crippen LogP contribution in [0.2, 0.25) is 0 Å². The number of hydrogen-bond donors (Lipinski definition) is 2. The average molecular weight is 221 g/mol. The van der Waals surface area contributed by atoms with Crippen LogP contribution in [0.5, 0.6) is 0 Å². The lowest BCUT2D eigenvalue weighted by Gasteiger charge is -2.20. The van der Waals surface area contributed by atoms with Crippen LogP contribution in [-0.4, -0.2) is 56.7 Å². The molecular formula is C10H27N3O2. The van der Waals surface area contributed by atoms with Crippen LogP contribution in [0, 0.1) is 0 Å². The maximum absolute atomic E-state index is 11.2. The van der Waals surface area contributed by atoms with Crippen molar-refractivity contribution in [2.24, 2.45) is 5.73 Å². The average Bonchev–Trinajstić information content (AvgIpc) is 2.18. The van der Waals surface area contributed by atoms with E-state index in [2.05, 4.69) is 24.1 Å². The summed E-state index contributed by atoms with van der Waals surface area (Å²) in [5.74, 6) is -0.0828. The third kappa shape index (κ3) is 8.35. The highest BCUT2D eigenvalue weighted by atomic mass is 16.5. The third-order valence-corrected chi connectivity index (χ3v) is 2.16. The molecule has 0 aliphatic carbocycles. The van der Waals surface area contributed by atoms with E-state index in [9.17, 15) is 4.79 Å². The third-order valence-electron chi connectivity index (χ3n) is 2.16. The van der Waals surface area contributed by atoms with Gasteiger partial charge in [0.05, 0.1) is 6.61 Å². The SMILES string of the molecule is CC(C)N(C)CCNC(=O)COCCN.[HH].[HH]. The second-order valence-electron chi connectivity index (χ2n) is 3.77. The van der Waals surface area contributed by atoms with E-state index in [1.807, 2.05) is 7.05 Å². The Hall–Kier alpha value is -0.650. The number of ether oxygens (including phenoxy) is 1. The topological polar surface area (TPSA) is 67.6 Å². The molecule has 0 bridgehead atoms. The van der Waals surface area contributed by atoms with Gasteiger partial charge < -0.3 is 20.7 Å². The van der Waals surface area contributed by atoms with Crippen molar-refractivity contribution >= 4 is 5.91 Å². The van der Waals surface area contributed by atoms with E-state index in [-0.39, 0.29) is 15.4 Å². The summed E-state index contributed by atoms with van der Waals surface area (Å²) in [5, 5.41) is 2.78. The molecular weight excluding hydrogens is 194 g/mol. The van der Waals surface area contributed by atoms with Gasteiger partial charge in [-0.3, -0.25) is 4.79 Å². The summed E-state index contributed by atoms with van der Waals surface area (Å²) in [4.78, 5) is 13.3. The van der Waals surface area contributed by atoms with Crippen molar-refractivity contribution in [2.75, 3.05) is 39.9 Å². The Morgan fingerprint density at radius 3 is 2.80 bits per heavy atom. The fraction of sp³-hybridized carbons (Fsp3) is 0.900. The Morgan fingerprint density at radius 1 is 1.60 bits per heavy atom. The molecule has 15 heavy (non-hydrogen) atoms. The maximum Gasteiger partial charge on any atom is 0.246 e. The van der Waals surface area contributed by atoms with Gasteiger partial charge in [0.15, 0.2) is 0 Å². The Bertz CT molecular complexity index is 183. The molecule has 1 amide bonds. The van der Waals surface area contributed by atoms with Crippen LogP contribution < -0.4 is 11.1 Å². The monoisotopic (exact) mass is 221 g/mol. The molecule has 0 aliphatic heterocycles. The first-order valence-corrected chi connectivity index (χ1v) is 5.32. The van der Waals surface area contributed by atoms with Crippen molar-refractivity contribution in [3.05, 3.63) is 0 Å². The first kappa shape index (κ1) is 14.3. The van der Waals surface area contributed by atoms with Crippen LogP contribution in [0.1, 0.15) is 16.7 Å². The predicted molar refractivity (Wildman–Crippen MR) is 64.9 cm³/mol. The van der Waals surface area contributed by atoms with Gasteiger partial charge in [0.1, 0.15) is 6.61 Å². The molecule has 0 atom stereocenters. The van der Waals surface area contributed by atoms with Crippen molar-refractivity contribution in [2.45, 2.75) is 19.9 Å². The second kappa shape index (κ2) is 8.64. The number of nitrogens with one attached hydrogen (secondary N) is 1. The van der Waals surface area contributed by atoms with Gasteiger partial charge in [-0.25, -0.2) is 0 Å². The number of rotatable bonds is 8. The van der Waals surface area contributed by atoms with E-state index in [4.69, 9.17) is 10.5 Å². The van der Waals surface area contributed by atoms with Crippen molar-refractivity contribution in [3.63, 3.8) is 0 Å². The number of likely N-dealkylation sites (N-methyl/N-ethyl adjacent to an activating group) is 1. The van der Waals surface area contributed by atoms with Crippen molar-refractivity contribution in [1.82, 2.24) is 10.2 Å². The molecule has 0 saturated carbocycles. The van der Waals surface area contributed by atoms with E-state index in [0.717, 1.165) is 6.54 Å². The van der Waals surface area contributed by atoms with Crippen LogP contribution in [-0.2, 0) is 9.53 Å². The summed E-state index contributed by atoms with van der Waals surface area (Å²) < 4.78 is 5.00. The van der Waals surface area contributed by atoms with Gasteiger partial charge >= 0.3 is 0 Å². The molecule has 0 radical (unpaired) electrons. The summed E-state index contributed by atoms with van der Waals surface area (Å²) in [7, 11) is 2.03. The lowest BCUT2D eigenvalue weighted by molar-refractivity contribution is -0.125. The summed E-state index contributed by atoms with van der Waals surface area (Å²) in [6.45, 7) is 6.71. The lowest BCUT2D eigenvalue weighted by Crippen LogP contribution is -2.37. The highest BCUT2D eigenvalue weighted by Crippen LogP contribution is 1.90. The molecule has 0 aromatic carbocycles. The van der Waals surface area contributed by atoms with E-state index in [1.54, 1.807) is 0 Å². The van der Waals surface area contributed by atoms with Crippen LogP contribution >= 0.6 is 0 Å². The maximum atomic E-state index is 11.2. The Morgan fingerprint density at radius 2 is 2.27 bits per heavy atom. The Balaban J connectivity index is -0.000000980. The largest absolute Gasteiger partial charge is 0.370 e. The summed E-state index contributed by atoms with van der Waals surface area (Å²) in [6.07, 6.45) is 0. The Kier molecular flexibility index (Phi) is 8.27. The fourth-order valence-electron chi connectivity index (χ4n) is 0.929. The van der Waals surface area contributed by atoms with Gasteiger partial charge in [0.25, 0.3) is 0 Å². The molecule has 0 aromatic rings. The molecule has 0 saturated heterocycles. The molecule has 5 heteroatoms. The van der Waals surface area contributed by atoms with Gasteiger partial charge in [0.2, 0.25) is 5.91 Å². The standard InChI is InChI=1S/C10H23N3O2.2H2/c1-9(2)13(3)6-5-12-10(14)8-15-7-4-11;;/h9H,4-8,11H2,1-3H3,(H,12,14);2*1H. The zero-order valence-corrected chi connectivity index (χ0v) is 9.95. The molecule has 0 unspecified atom stereocenters. The number of amides is 1. The van der Waals surface area contributed by atoms with Crippen molar-refractivity contribution in [1.29, 1.82) is 0 Å². The molecule has 94 valence electrons. The molecule has 0 heterocycles. The zero-order chi connectivity index (χ0) is 11.7. The first-order chi connectivity index (χ1) is 7.07. The molecule has 0 fully saturated rings. The molecule has 0 rings (SSSR count). The molecule has 5 nitrogen and oxygen atoms in total. The van der Waals surface area contributed by atoms with Gasteiger partial charge in [-0.1, -0.05) is 0 Å². The van der Waals surface area contributed by atoms with Crippen LogP contribution in [0.25, 0.3) is 0 Å². The van der Waals surface area contributed by atoms with Gasteiger partial charge in [-0.15, -0.1) is 0 Å². The van der Waals surface area contributed by atoms with E-state index < -0.39 is 0 Å². The summed E-state index contributed by atoms with van der Waals surface area (Å²) in [5.41, 5.74) is 5.22. The first-order valence-electron chi connectivity index (χ1n) is 5.32. The van der Waals surface area contributed by atoms with Gasteiger partial charge in [-0.05, 0) is 20.9 Å². The molecule has 0 aliphatic rings. The smallest absolute Gasteiger partial charge is 0.246 e. The lowest BCUT2D eigenvalue weighted by atomic mass is 10.3. The minimum absolute atomic E-state index is 0. The van der Waals surface area contributed by atoms with Gasteiger partial charge in [0, 0.05) is 28.5 Å². The quantitative estimate of drug-likeness (QED) is 0.562. The van der Waals surface area contributed by atoms with Crippen molar-refractivity contribution < 1.29 is 12.4 Å². The number of carbonyl (C=O) groups excluding carboxylic acids is 1. The van der Waals surface area contributed by atoms with E-state index in [1.165, 1.54) is 0 Å². The van der Waals surface area contributed by atoms with Gasteiger partial charge in [-0.2, -0.15) is 0 Å². The highest BCUT2D eigenvalue weighted by molar-refractivity contribution is 5.77. The van der Waals surface area contributed by atoms with E-state index in [0.29, 0.717) is 25.7 Å². The summed E-state index contributed by atoms with van der Waals surface area (Å²) >= 11 is 0. The highest BCUT2D eigenvalue weighted by Gasteiger charge is 2.04. The number of nitrogens with zero attached hydrogens (tertiary/aromatic N) is 1. The number of hydrogen-bond acceptors (Lipinski definition) is 4. The summed E-state index contributed by atoms with van der Waals surface area (Å²) in [6, 6.07) is 0.496. The predicted octanol–water partition coefficient (Wildman–Crippen LogP) is -0.0899. The van der Waals surface area contributed by atoms with Crippen LogP contribution in [0.3, 0.4) is 0 Å². The number of carbonyl (C=O) groups is 1. The second-order valence-corrected chi connectivity index (χ2v) is 3.77. The number of nitrogens with two attached hydrogens (primary N) is 1. The molecule has 0 aromatic heterocycles. The Labute approximate surface area is 94.9 Å². The normalized spacial score (nSPS) is 11.1. The fourth-order valence-corrected chi connectivity index (χ4v) is 0.929.